The number of benzene rings is 2. The van der Waals surface area contributed by atoms with Gasteiger partial charge in [-0.1, -0.05) is 45.5 Å². The van der Waals surface area contributed by atoms with E-state index in [1.165, 1.54) is 11.3 Å². The summed E-state index contributed by atoms with van der Waals surface area (Å²) >= 11 is 8.14. The molecule has 1 N–H and O–H groups in total. The Morgan fingerprint density at radius 3 is 2.64 bits per heavy atom. The van der Waals surface area contributed by atoms with E-state index in [-0.39, 0.29) is 0 Å². The van der Waals surface area contributed by atoms with Crippen LogP contribution in [-0.2, 0) is 0 Å². The van der Waals surface area contributed by atoms with E-state index in [9.17, 15) is 4.79 Å². The van der Waals surface area contributed by atoms with Gasteiger partial charge in [-0.15, -0.1) is 10.2 Å². The zero-order valence-corrected chi connectivity index (χ0v) is 16.5. The van der Waals surface area contributed by atoms with Gasteiger partial charge in [0.1, 0.15) is 0 Å². The molecule has 0 spiro atoms. The lowest BCUT2D eigenvalue weighted by Gasteiger charge is -2.02. The summed E-state index contributed by atoms with van der Waals surface area (Å²) in [6.45, 7) is 0. The number of nitrogens with zero attached hydrogens (tertiary/aromatic N) is 2. The molecular formula is C17H9Br2N3O2S. The average molecular weight is 479 g/mol. The highest BCUT2D eigenvalue weighted by Crippen LogP contribution is 2.32. The molecule has 5 nitrogen and oxygen atoms in total. The second-order valence-electron chi connectivity index (χ2n) is 5.16. The Morgan fingerprint density at radius 2 is 1.84 bits per heavy atom. The summed E-state index contributed by atoms with van der Waals surface area (Å²) in [6, 6.07) is 15.1. The molecule has 0 unspecified atom stereocenters. The Hall–Kier alpha value is -2.03. The zero-order valence-electron chi connectivity index (χ0n) is 12.5. The van der Waals surface area contributed by atoms with Gasteiger partial charge >= 0.3 is 5.63 Å². The molecule has 4 rings (SSSR count). The van der Waals surface area contributed by atoms with Crippen molar-refractivity contribution in [2.24, 2.45) is 0 Å². The maximum Gasteiger partial charge on any atom is 0.346 e. The predicted octanol–water partition coefficient (Wildman–Crippen LogP) is 5.58. The van der Waals surface area contributed by atoms with Crippen molar-refractivity contribution in [2.45, 2.75) is 0 Å². The first kappa shape index (κ1) is 16.4. The fourth-order valence-corrected chi connectivity index (χ4v) is 4.44. The topological polar surface area (TPSA) is 68.0 Å². The van der Waals surface area contributed by atoms with E-state index in [4.69, 9.17) is 4.42 Å². The normalized spacial score (nSPS) is 11.0. The van der Waals surface area contributed by atoms with Gasteiger partial charge in [0.05, 0.1) is 10.0 Å². The van der Waals surface area contributed by atoms with Crippen LogP contribution in [0.4, 0.5) is 10.8 Å². The fourth-order valence-electron chi connectivity index (χ4n) is 2.33. The van der Waals surface area contributed by atoms with Crippen molar-refractivity contribution in [2.75, 3.05) is 5.32 Å². The van der Waals surface area contributed by atoms with Crippen molar-refractivity contribution >= 4 is 65.0 Å². The standard InChI is InChI=1S/C17H9Br2N3O2S/c18-10-6-9-7-12(16(23)24-14(9)13(19)8-10)15-21-22-17(25-15)20-11-4-2-1-3-5-11/h1-8H,(H,20,22). The van der Waals surface area contributed by atoms with E-state index in [0.29, 0.717) is 25.8 Å². The number of anilines is 2. The number of halogens is 2. The molecule has 0 aliphatic carbocycles. The van der Waals surface area contributed by atoms with Crippen LogP contribution in [-0.4, -0.2) is 10.2 Å². The fraction of sp³-hybridized carbons (Fsp3) is 0. The summed E-state index contributed by atoms with van der Waals surface area (Å²) in [5.41, 5.74) is 1.35. The van der Waals surface area contributed by atoms with E-state index in [0.717, 1.165) is 15.5 Å². The molecule has 2 aromatic carbocycles. The third-order valence-electron chi connectivity index (χ3n) is 3.43. The Kier molecular flexibility index (Phi) is 4.41. The van der Waals surface area contributed by atoms with Crippen LogP contribution in [0.5, 0.6) is 0 Å². The molecule has 0 atom stereocenters. The molecule has 2 aromatic heterocycles. The lowest BCUT2D eigenvalue weighted by atomic mass is 10.2. The third-order valence-corrected chi connectivity index (χ3v) is 5.35. The summed E-state index contributed by atoms with van der Waals surface area (Å²) in [5, 5.41) is 13.3. The number of aromatic nitrogens is 2. The summed E-state index contributed by atoms with van der Waals surface area (Å²) in [7, 11) is 0. The Labute approximate surface area is 163 Å². The van der Waals surface area contributed by atoms with Crippen molar-refractivity contribution in [3.63, 3.8) is 0 Å². The van der Waals surface area contributed by atoms with Crippen molar-refractivity contribution < 1.29 is 4.42 Å². The maximum atomic E-state index is 12.4. The van der Waals surface area contributed by atoms with Crippen LogP contribution in [0.25, 0.3) is 21.5 Å². The molecule has 0 saturated heterocycles. The van der Waals surface area contributed by atoms with Crippen LogP contribution in [0.1, 0.15) is 0 Å². The van der Waals surface area contributed by atoms with E-state index in [2.05, 4.69) is 47.4 Å². The number of nitrogens with one attached hydrogen (secondary N) is 1. The van der Waals surface area contributed by atoms with Gasteiger partial charge in [0, 0.05) is 15.5 Å². The number of fused-ring (bicyclic) bond motifs is 1. The highest BCUT2D eigenvalue weighted by Gasteiger charge is 2.15. The van der Waals surface area contributed by atoms with Crippen LogP contribution in [0.3, 0.4) is 0 Å². The quantitative estimate of drug-likeness (QED) is 0.389. The van der Waals surface area contributed by atoms with E-state index in [1.807, 2.05) is 42.5 Å². The largest absolute Gasteiger partial charge is 0.421 e. The van der Waals surface area contributed by atoms with Gasteiger partial charge in [-0.2, -0.15) is 0 Å². The number of rotatable bonds is 3. The minimum absolute atomic E-state index is 0.385. The number of hydrogen-bond donors (Lipinski definition) is 1. The smallest absolute Gasteiger partial charge is 0.346 e. The summed E-state index contributed by atoms with van der Waals surface area (Å²) < 4.78 is 7.05. The molecule has 0 aliphatic heterocycles. The zero-order chi connectivity index (χ0) is 17.4. The highest BCUT2D eigenvalue weighted by molar-refractivity contribution is 9.11. The minimum atomic E-state index is -0.446. The van der Waals surface area contributed by atoms with Crippen molar-refractivity contribution in [3.8, 4) is 10.6 Å². The van der Waals surface area contributed by atoms with Crippen LogP contribution in [0, 0.1) is 0 Å². The van der Waals surface area contributed by atoms with Gasteiger partial charge in [-0.25, -0.2) is 4.79 Å². The van der Waals surface area contributed by atoms with Gasteiger partial charge < -0.3 is 9.73 Å². The van der Waals surface area contributed by atoms with Gasteiger partial charge in [-0.05, 0) is 46.3 Å². The van der Waals surface area contributed by atoms with Crippen molar-refractivity contribution in [1.29, 1.82) is 0 Å². The average Bonchev–Trinajstić information content (AvgIpc) is 3.04. The van der Waals surface area contributed by atoms with Crippen LogP contribution in [0.2, 0.25) is 0 Å². The molecule has 25 heavy (non-hydrogen) atoms. The third kappa shape index (κ3) is 3.37. The molecule has 0 saturated carbocycles. The first-order valence-corrected chi connectivity index (χ1v) is 9.59. The molecule has 4 aromatic rings. The molecule has 0 aliphatic rings. The second kappa shape index (κ2) is 6.70. The van der Waals surface area contributed by atoms with E-state index < -0.39 is 5.63 Å². The van der Waals surface area contributed by atoms with Crippen LogP contribution in [0.15, 0.2) is 66.7 Å². The van der Waals surface area contributed by atoms with Crippen molar-refractivity contribution in [1.82, 2.24) is 10.2 Å². The first-order chi connectivity index (χ1) is 12.1. The van der Waals surface area contributed by atoms with Crippen LogP contribution >= 0.6 is 43.2 Å². The van der Waals surface area contributed by atoms with Gasteiger partial charge in [0.2, 0.25) is 5.13 Å². The molecule has 2 heterocycles. The summed E-state index contributed by atoms with van der Waals surface area (Å²) in [5.74, 6) is 0. The highest BCUT2D eigenvalue weighted by atomic mass is 79.9. The molecule has 0 bridgehead atoms. The monoisotopic (exact) mass is 477 g/mol. The van der Waals surface area contributed by atoms with Crippen LogP contribution < -0.4 is 10.9 Å². The molecule has 8 heteroatoms. The van der Waals surface area contributed by atoms with E-state index >= 15 is 0 Å². The van der Waals surface area contributed by atoms with E-state index in [1.54, 1.807) is 6.07 Å². The van der Waals surface area contributed by atoms with Crippen molar-refractivity contribution in [3.05, 3.63) is 67.9 Å². The lowest BCUT2D eigenvalue weighted by molar-refractivity contribution is 0.561. The predicted molar refractivity (Wildman–Crippen MR) is 107 cm³/mol. The lowest BCUT2D eigenvalue weighted by Crippen LogP contribution is -2.02. The minimum Gasteiger partial charge on any atom is -0.421 e. The summed E-state index contributed by atoms with van der Waals surface area (Å²) in [6.07, 6.45) is 0. The molecular weight excluding hydrogens is 470 g/mol. The molecule has 0 fully saturated rings. The first-order valence-electron chi connectivity index (χ1n) is 7.19. The summed E-state index contributed by atoms with van der Waals surface area (Å²) in [4.78, 5) is 12.4. The Bertz CT molecular complexity index is 1130. The molecule has 0 amide bonds. The SMILES string of the molecule is O=c1oc2c(Br)cc(Br)cc2cc1-c1nnc(Nc2ccccc2)s1. The molecule has 124 valence electrons. The molecule has 0 radical (unpaired) electrons. The number of hydrogen-bond acceptors (Lipinski definition) is 6. The second-order valence-corrected chi connectivity index (χ2v) is 7.90. The number of para-hydroxylation sites is 1. The van der Waals surface area contributed by atoms with Gasteiger partial charge in [-0.3, -0.25) is 0 Å². The van der Waals surface area contributed by atoms with Gasteiger partial charge in [0.15, 0.2) is 10.6 Å². The maximum absolute atomic E-state index is 12.4. The Balaban J connectivity index is 1.75. The van der Waals surface area contributed by atoms with Gasteiger partial charge in [0.25, 0.3) is 0 Å². The Morgan fingerprint density at radius 1 is 1.04 bits per heavy atom.